The van der Waals surface area contributed by atoms with Gasteiger partial charge in [0, 0.05) is 13.0 Å². The van der Waals surface area contributed by atoms with Crippen LogP contribution in [-0.4, -0.2) is 25.4 Å². The molecule has 0 saturated heterocycles. The van der Waals surface area contributed by atoms with Gasteiger partial charge in [0.25, 0.3) is 0 Å². The van der Waals surface area contributed by atoms with E-state index in [4.69, 9.17) is 0 Å². The Bertz CT molecular complexity index is 999. The van der Waals surface area contributed by atoms with Gasteiger partial charge in [-0.1, -0.05) is 24.3 Å². The van der Waals surface area contributed by atoms with Crippen molar-refractivity contribution in [3.8, 4) is 0 Å². The van der Waals surface area contributed by atoms with E-state index in [2.05, 4.69) is 20.3 Å². The summed E-state index contributed by atoms with van der Waals surface area (Å²) in [4.78, 5) is 24.4. The van der Waals surface area contributed by atoms with Gasteiger partial charge in [0.15, 0.2) is 0 Å². The first-order valence-corrected chi connectivity index (χ1v) is 8.34. The van der Waals surface area contributed by atoms with Crippen molar-refractivity contribution < 1.29 is 4.79 Å². The lowest BCUT2D eigenvalue weighted by atomic mass is 10.3. The first-order valence-electron chi connectivity index (χ1n) is 8.34. The minimum atomic E-state index is -0.167. The van der Waals surface area contributed by atoms with E-state index in [0.29, 0.717) is 13.0 Å². The lowest BCUT2D eigenvalue weighted by Crippen LogP contribution is -2.28. The van der Waals surface area contributed by atoms with Crippen LogP contribution in [0.25, 0.3) is 22.1 Å². The standard InChI is InChI=1S/C19H19N5O/c1-13(19-22-14-6-2-3-7-15(14)23-19)21-18(25)10-11-24-12-20-16-8-4-5-9-17(16)24/h2-9,12-13H,10-11H2,1H3,(H,21,25)(H,22,23). The predicted molar refractivity (Wildman–Crippen MR) is 97.0 cm³/mol. The number of aryl methyl sites for hydroxylation is 1. The molecule has 2 aromatic heterocycles. The molecular weight excluding hydrogens is 314 g/mol. The molecule has 0 aliphatic rings. The number of aromatic nitrogens is 4. The van der Waals surface area contributed by atoms with Gasteiger partial charge in [-0.3, -0.25) is 4.79 Å². The average Bonchev–Trinajstić information content (AvgIpc) is 3.24. The van der Waals surface area contributed by atoms with Gasteiger partial charge in [0.05, 0.1) is 34.4 Å². The second kappa shape index (κ2) is 6.39. The summed E-state index contributed by atoms with van der Waals surface area (Å²) in [5.74, 6) is 0.758. The molecule has 2 aromatic carbocycles. The maximum Gasteiger partial charge on any atom is 0.222 e. The van der Waals surface area contributed by atoms with Crippen LogP contribution in [0.1, 0.15) is 25.2 Å². The van der Waals surface area contributed by atoms with Gasteiger partial charge in [0.2, 0.25) is 5.91 Å². The fraction of sp³-hybridized carbons (Fsp3) is 0.211. The number of carbonyl (C=O) groups is 1. The van der Waals surface area contributed by atoms with Crippen LogP contribution in [0.3, 0.4) is 0 Å². The molecule has 1 unspecified atom stereocenters. The first kappa shape index (κ1) is 15.4. The number of aromatic amines is 1. The number of fused-ring (bicyclic) bond motifs is 2. The van der Waals surface area contributed by atoms with Crippen LogP contribution in [0.2, 0.25) is 0 Å². The Labute approximate surface area is 144 Å². The topological polar surface area (TPSA) is 75.6 Å². The Hall–Kier alpha value is -3.15. The van der Waals surface area contributed by atoms with E-state index in [9.17, 15) is 4.79 Å². The van der Waals surface area contributed by atoms with Crippen LogP contribution in [0.15, 0.2) is 54.9 Å². The Morgan fingerprint density at radius 2 is 1.92 bits per heavy atom. The van der Waals surface area contributed by atoms with E-state index in [0.717, 1.165) is 27.9 Å². The molecule has 2 heterocycles. The highest BCUT2D eigenvalue weighted by atomic mass is 16.1. The van der Waals surface area contributed by atoms with E-state index < -0.39 is 0 Å². The molecule has 1 atom stereocenters. The number of nitrogens with one attached hydrogen (secondary N) is 2. The number of rotatable bonds is 5. The molecule has 4 rings (SSSR count). The highest BCUT2D eigenvalue weighted by Crippen LogP contribution is 2.16. The third kappa shape index (κ3) is 3.10. The molecule has 4 aromatic rings. The second-order valence-corrected chi connectivity index (χ2v) is 6.11. The molecule has 2 N–H and O–H groups in total. The van der Waals surface area contributed by atoms with Crippen LogP contribution in [0, 0.1) is 0 Å². The highest BCUT2D eigenvalue weighted by molar-refractivity contribution is 5.78. The SMILES string of the molecule is CC(NC(=O)CCn1cnc2ccccc21)c1nc2ccccc2[nH]1. The summed E-state index contributed by atoms with van der Waals surface area (Å²) in [6.45, 7) is 2.53. The maximum atomic E-state index is 12.3. The summed E-state index contributed by atoms with van der Waals surface area (Å²) < 4.78 is 2.00. The molecule has 6 heteroatoms. The predicted octanol–water partition coefficient (Wildman–Crippen LogP) is 3.18. The number of benzene rings is 2. The van der Waals surface area contributed by atoms with Gasteiger partial charge >= 0.3 is 0 Å². The fourth-order valence-corrected chi connectivity index (χ4v) is 2.97. The zero-order valence-corrected chi connectivity index (χ0v) is 13.9. The van der Waals surface area contributed by atoms with E-state index in [1.54, 1.807) is 6.33 Å². The zero-order chi connectivity index (χ0) is 17.2. The summed E-state index contributed by atoms with van der Waals surface area (Å²) in [5.41, 5.74) is 3.87. The van der Waals surface area contributed by atoms with Crippen molar-refractivity contribution in [3.05, 3.63) is 60.7 Å². The van der Waals surface area contributed by atoms with Crippen molar-refractivity contribution in [2.75, 3.05) is 0 Å². The number of hydrogen-bond acceptors (Lipinski definition) is 3. The van der Waals surface area contributed by atoms with Gasteiger partial charge in [-0.05, 0) is 31.2 Å². The second-order valence-electron chi connectivity index (χ2n) is 6.11. The first-order chi connectivity index (χ1) is 12.2. The molecule has 0 spiro atoms. The number of amides is 1. The van der Waals surface area contributed by atoms with Crippen LogP contribution in [0.5, 0.6) is 0 Å². The monoisotopic (exact) mass is 333 g/mol. The maximum absolute atomic E-state index is 12.3. The Kier molecular flexibility index (Phi) is 3.93. The molecule has 6 nitrogen and oxygen atoms in total. The number of H-pyrrole nitrogens is 1. The van der Waals surface area contributed by atoms with Gasteiger partial charge in [-0.2, -0.15) is 0 Å². The zero-order valence-electron chi connectivity index (χ0n) is 13.9. The molecule has 0 radical (unpaired) electrons. The molecule has 0 fully saturated rings. The Balaban J connectivity index is 1.39. The van der Waals surface area contributed by atoms with E-state index >= 15 is 0 Å². The van der Waals surface area contributed by atoms with Crippen molar-refractivity contribution in [1.29, 1.82) is 0 Å². The smallest absolute Gasteiger partial charge is 0.222 e. The summed E-state index contributed by atoms with van der Waals surface area (Å²) in [6.07, 6.45) is 2.17. The lowest BCUT2D eigenvalue weighted by Gasteiger charge is -2.12. The molecular formula is C19H19N5O. The summed E-state index contributed by atoms with van der Waals surface area (Å²) >= 11 is 0. The molecule has 25 heavy (non-hydrogen) atoms. The van der Waals surface area contributed by atoms with Gasteiger partial charge in [-0.15, -0.1) is 0 Å². The Morgan fingerprint density at radius 1 is 1.16 bits per heavy atom. The fourth-order valence-electron chi connectivity index (χ4n) is 2.97. The molecule has 126 valence electrons. The van der Waals surface area contributed by atoms with Gasteiger partial charge < -0.3 is 14.9 Å². The van der Waals surface area contributed by atoms with E-state index in [1.165, 1.54) is 0 Å². The molecule has 0 aliphatic heterocycles. The van der Waals surface area contributed by atoms with Crippen molar-refractivity contribution in [2.24, 2.45) is 0 Å². The van der Waals surface area contributed by atoms with Crippen LogP contribution in [0.4, 0.5) is 0 Å². The van der Waals surface area contributed by atoms with E-state index in [1.807, 2.05) is 60.0 Å². The molecule has 1 amide bonds. The number of nitrogens with zero attached hydrogens (tertiary/aromatic N) is 3. The van der Waals surface area contributed by atoms with Crippen molar-refractivity contribution in [1.82, 2.24) is 24.8 Å². The van der Waals surface area contributed by atoms with E-state index in [-0.39, 0.29) is 11.9 Å². The van der Waals surface area contributed by atoms with Crippen molar-refractivity contribution in [3.63, 3.8) is 0 Å². The summed E-state index contributed by atoms with van der Waals surface area (Å²) in [6, 6.07) is 15.6. The highest BCUT2D eigenvalue weighted by Gasteiger charge is 2.13. The number of imidazole rings is 2. The number of hydrogen-bond donors (Lipinski definition) is 2. The molecule has 0 bridgehead atoms. The number of para-hydroxylation sites is 4. The third-order valence-electron chi connectivity index (χ3n) is 4.30. The lowest BCUT2D eigenvalue weighted by molar-refractivity contribution is -0.122. The number of carbonyl (C=O) groups excluding carboxylic acids is 1. The van der Waals surface area contributed by atoms with Crippen molar-refractivity contribution >= 4 is 28.0 Å². The minimum Gasteiger partial charge on any atom is -0.346 e. The normalized spacial score (nSPS) is 12.5. The van der Waals surface area contributed by atoms with Crippen LogP contribution >= 0.6 is 0 Å². The minimum absolute atomic E-state index is 0.00858. The summed E-state index contributed by atoms with van der Waals surface area (Å²) in [5, 5.41) is 3.00. The quantitative estimate of drug-likeness (QED) is 0.589. The Morgan fingerprint density at radius 3 is 2.76 bits per heavy atom. The van der Waals surface area contributed by atoms with Gasteiger partial charge in [0.1, 0.15) is 5.82 Å². The van der Waals surface area contributed by atoms with Crippen LogP contribution < -0.4 is 5.32 Å². The van der Waals surface area contributed by atoms with Gasteiger partial charge in [-0.25, -0.2) is 9.97 Å². The third-order valence-corrected chi connectivity index (χ3v) is 4.30. The molecule has 0 aliphatic carbocycles. The molecule has 0 saturated carbocycles. The average molecular weight is 333 g/mol. The summed E-state index contributed by atoms with van der Waals surface area (Å²) in [7, 11) is 0. The van der Waals surface area contributed by atoms with Crippen LogP contribution in [-0.2, 0) is 11.3 Å². The largest absolute Gasteiger partial charge is 0.346 e. The van der Waals surface area contributed by atoms with Crippen molar-refractivity contribution in [2.45, 2.75) is 25.9 Å².